The van der Waals surface area contributed by atoms with Crippen molar-refractivity contribution in [2.45, 2.75) is 37.5 Å². The number of nitrogens with zero attached hydrogens (tertiary/aromatic N) is 5. The van der Waals surface area contributed by atoms with E-state index in [1.54, 1.807) is 32.9 Å². The molecule has 3 N–H and O–H groups in total. The van der Waals surface area contributed by atoms with E-state index in [4.69, 9.17) is 4.74 Å². The Morgan fingerprint density at radius 2 is 1.57 bits per heavy atom. The molecule has 0 saturated heterocycles. The fourth-order valence-corrected chi connectivity index (χ4v) is 6.73. The molecule has 4 aromatic carbocycles. The number of benzene rings is 4. The SMILES string of the molecule is CCN(CC)S(=O)(=O)c1ccc(/N=N/c2cc(OC)c(/N=N/c3c(S(=O)(=O)O)cc4cccc(NC(C)=O)c4c3O)cc2C)cc1. The van der Waals surface area contributed by atoms with Crippen molar-refractivity contribution < 1.29 is 36.0 Å². The summed E-state index contributed by atoms with van der Waals surface area (Å²) in [5.41, 5.74) is 1.16. The molecule has 0 aliphatic heterocycles. The Kier molecular flexibility index (Phi) is 10.2. The van der Waals surface area contributed by atoms with Crippen molar-refractivity contribution in [2.24, 2.45) is 20.5 Å². The highest BCUT2D eigenvalue weighted by atomic mass is 32.2. The Morgan fingerprint density at radius 3 is 2.15 bits per heavy atom. The molecule has 4 rings (SSSR count). The third kappa shape index (κ3) is 7.20. The minimum atomic E-state index is -4.87. The predicted octanol–water partition coefficient (Wildman–Crippen LogP) is 6.93. The lowest BCUT2D eigenvalue weighted by Crippen LogP contribution is -2.30. The zero-order chi connectivity index (χ0) is 33.8. The number of methoxy groups -OCH3 is 1. The van der Waals surface area contributed by atoms with Crippen LogP contribution in [0, 0.1) is 6.92 Å². The molecule has 0 saturated carbocycles. The van der Waals surface area contributed by atoms with Gasteiger partial charge >= 0.3 is 0 Å². The molecular formula is C30H32N6O8S2. The van der Waals surface area contributed by atoms with Crippen LogP contribution in [0.25, 0.3) is 10.8 Å². The molecule has 1 amide bonds. The Labute approximate surface area is 266 Å². The zero-order valence-electron chi connectivity index (χ0n) is 25.6. The number of hydrogen-bond acceptors (Lipinski definition) is 11. The summed E-state index contributed by atoms with van der Waals surface area (Å²) in [5.74, 6) is -0.876. The number of hydrogen-bond donors (Lipinski definition) is 3. The molecule has 0 unspecified atom stereocenters. The Hall–Kier alpha value is -4.77. The van der Waals surface area contributed by atoms with Gasteiger partial charge in [0.15, 0.2) is 5.75 Å². The first kappa shape index (κ1) is 34.1. The molecule has 16 heteroatoms. The molecule has 0 spiro atoms. The quantitative estimate of drug-likeness (QED) is 0.113. The van der Waals surface area contributed by atoms with E-state index >= 15 is 0 Å². The number of sulfonamides is 1. The van der Waals surface area contributed by atoms with Crippen LogP contribution in [0.15, 0.2) is 90.9 Å². The van der Waals surface area contributed by atoms with Crippen molar-refractivity contribution in [3.05, 3.63) is 66.2 Å². The summed E-state index contributed by atoms with van der Waals surface area (Å²) in [7, 11) is -7.11. The molecule has 242 valence electrons. The molecule has 4 aromatic rings. The number of phenols is 1. The topological polar surface area (TPSA) is 200 Å². The van der Waals surface area contributed by atoms with Crippen LogP contribution in [0.5, 0.6) is 11.5 Å². The van der Waals surface area contributed by atoms with Crippen LogP contribution < -0.4 is 10.1 Å². The van der Waals surface area contributed by atoms with Crippen molar-refractivity contribution in [2.75, 3.05) is 25.5 Å². The minimum Gasteiger partial charge on any atom is -0.505 e. The first-order chi connectivity index (χ1) is 21.7. The second kappa shape index (κ2) is 13.7. The molecule has 0 fully saturated rings. The standard InChI is InChI=1S/C30H32N6O8S2/c1-6-36(7-2)45(39,40)22-13-11-21(12-14-22)32-33-24-17-26(44-5)25(15-18(24)3)34-35-29-27(46(41,42)43)16-20-9-8-10-23(31-19(4)37)28(20)30(29)38/h8-17,38H,6-7H2,1-5H3,(H,31,37)(H,41,42,43)/b33-32+,35-34+. The third-order valence-electron chi connectivity index (χ3n) is 6.87. The Morgan fingerprint density at radius 1 is 0.913 bits per heavy atom. The first-order valence-corrected chi connectivity index (χ1v) is 16.7. The monoisotopic (exact) mass is 668 g/mol. The summed E-state index contributed by atoms with van der Waals surface area (Å²) in [5, 5.41) is 30.5. The summed E-state index contributed by atoms with van der Waals surface area (Å²) in [6, 6.07) is 14.7. The number of ether oxygens (including phenoxy) is 1. The molecule has 0 aromatic heterocycles. The van der Waals surface area contributed by atoms with Gasteiger partial charge in [0, 0.05) is 31.5 Å². The van der Waals surface area contributed by atoms with Crippen LogP contribution in [0.1, 0.15) is 26.3 Å². The van der Waals surface area contributed by atoms with Gasteiger partial charge in [-0.2, -0.15) is 23.0 Å². The van der Waals surface area contributed by atoms with E-state index in [1.165, 1.54) is 60.8 Å². The number of anilines is 1. The third-order valence-corrected chi connectivity index (χ3v) is 9.81. The highest BCUT2D eigenvalue weighted by Crippen LogP contribution is 2.45. The van der Waals surface area contributed by atoms with Crippen LogP contribution in [0.3, 0.4) is 0 Å². The molecule has 0 bridgehead atoms. The van der Waals surface area contributed by atoms with Gasteiger partial charge in [-0.1, -0.05) is 26.0 Å². The van der Waals surface area contributed by atoms with Gasteiger partial charge in [-0.05, 0) is 60.3 Å². The number of rotatable bonds is 11. The second-order valence-electron chi connectivity index (χ2n) is 9.93. The van der Waals surface area contributed by atoms with Crippen LogP contribution in [-0.4, -0.2) is 56.9 Å². The van der Waals surface area contributed by atoms with Crippen molar-refractivity contribution >= 4 is 65.3 Å². The number of nitrogens with one attached hydrogen (secondary N) is 1. The molecule has 0 aliphatic carbocycles. The summed E-state index contributed by atoms with van der Waals surface area (Å²) in [6.07, 6.45) is 0. The van der Waals surface area contributed by atoms with Gasteiger partial charge in [0.1, 0.15) is 22.0 Å². The number of carbonyl (C=O) groups is 1. The number of amides is 1. The normalized spacial score (nSPS) is 12.4. The van der Waals surface area contributed by atoms with E-state index in [2.05, 4.69) is 25.8 Å². The average Bonchev–Trinajstić information content (AvgIpc) is 3.00. The number of phenolic OH excluding ortho intramolecular Hbond substituents is 1. The van der Waals surface area contributed by atoms with Gasteiger partial charge in [0.25, 0.3) is 10.1 Å². The molecule has 0 radical (unpaired) electrons. The highest BCUT2D eigenvalue weighted by molar-refractivity contribution is 7.89. The van der Waals surface area contributed by atoms with E-state index in [0.29, 0.717) is 30.0 Å². The lowest BCUT2D eigenvalue weighted by molar-refractivity contribution is -0.114. The largest absolute Gasteiger partial charge is 0.505 e. The molecule has 46 heavy (non-hydrogen) atoms. The summed E-state index contributed by atoms with van der Waals surface area (Å²) < 4.78 is 66.7. The maximum atomic E-state index is 12.7. The van der Waals surface area contributed by atoms with Crippen LogP contribution in [-0.2, 0) is 24.9 Å². The summed E-state index contributed by atoms with van der Waals surface area (Å²) >= 11 is 0. The van der Waals surface area contributed by atoms with Crippen LogP contribution in [0.2, 0.25) is 0 Å². The number of azo groups is 2. The van der Waals surface area contributed by atoms with E-state index in [0.717, 1.165) is 6.07 Å². The van der Waals surface area contributed by atoms with Crippen molar-refractivity contribution in [3.63, 3.8) is 0 Å². The van der Waals surface area contributed by atoms with E-state index in [9.17, 15) is 31.3 Å². The first-order valence-electron chi connectivity index (χ1n) is 13.9. The van der Waals surface area contributed by atoms with Crippen molar-refractivity contribution in [1.29, 1.82) is 0 Å². The number of aromatic hydroxyl groups is 1. The van der Waals surface area contributed by atoms with Crippen LogP contribution >= 0.6 is 0 Å². The maximum Gasteiger partial charge on any atom is 0.296 e. The van der Waals surface area contributed by atoms with E-state index in [-0.39, 0.29) is 32.8 Å². The van der Waals surface area contributed by atoms with Gasteiger partial charge in [-0.25, -0.2) is 8.42 Å². The number of carbonyl (C=O) groups excluding carboxylic acids is 1. The lowest BCUT2D eigenvalue weighted by atomic mass is 10.1. The molecule has 0 heterocycles. The average molecular weight is 669 g/mol. The highest BCUT2D eigenvalue weighted by Gasteiger charge is 2.24. The van der Waals surface area contributed by atoms with Gasteiger partial charge in [0.05, 0.1) is 29.1 Å². The number of fused-ring (bicyclic) bond motifs is 1. The zero-order valence-corrected chi connectivity index (χ0v) is 27.2. The summed E-state index contributed by atoms with van der Waals surface area (Å²) in [4.78, 5) is 11.2. The second-order valence-corrected chi connectivity index (χ2v) is 13.3. The molecule has 0 aliphatic rings. The summed E-state index contributed by atoms with van der Waals surface area (Å²) in [6.45, 7) is 7.22. The van der Waals surface area contributed by atoms with Gasteiger partial charge in [-0.15, -0.1) is 10.2 Å². The van der Waals surface area contributed by atoms with Gasteiger partial charge in [-0.3, -0.25) is 9.35 Å². The Balaban J connectivity index is 1.71. The van der Waals surface area contributed by atoms with Crippen molar-refractivity contribution in [1.82, 2.24) is 4.31 Å². The molecule has 0 atom stereocenters. The fraction of sp³-hybridized carbons (Fsp3) is 0.233. The Bertz CT molecular complexity index is 2080. The smallest absolute Gasteiger partial charge is 0.296 e. The van der Waals surface area contributed by atoms with Crippen LogP contribution in [0.4, 0.5) is 28.4 Å². The fourth-order valence-electron chi connectivity index (χ4n) is 4.61. The lowest BCUT2D eigenvalue weighted by Gasteiger charge is -2.18. The maximum absolute atomic E-state index is 12.7. The number of aryl methyl sites for hydroxylation is 1. The van der Waals surface area contributed by atoms with Gasteiger partial charge < -0.3 is 15.2 Å². The van der Waals surface area contributed by atoms with E-state index in [1.807, 2.05) is 0 Å². The minimum absolute atomic E-state index is 0.0941. The van der Waals surface area contributed by atoms with Gasteiger partial charge in [0.2, 0.25) is 15.9 Å². The molecule has 14 nitrogen and oxygen atoms in total. The predicted molar refractivity (Wildman–Crippen MR) is 172 cm³/mol. The molecular weight excluding hydrogens is 636 g/mol. The van der Waals surface area contributed by atoms with Crippen molar-refractivity contribution in [3.8, 4) is 11.5 Å². The van der Waals surface area contributed by atoms with E-state index < -0.39 is 42.4 Å².